The minimum atomic E-state index is -4.70. The van der Waals surface area contributed by atoms with Gasteiger partial charge in [0.1, 0.15) is 19.3 Å². The van der Waals surface area contributed by atoms with Gasteiger partial charge in [-0.25, -0.2) is 0 Å². The van der Waals surface area contributed by atoms with Gasteiger partial charge in [0.2, 0.25) is 5.91 Å². The topological polar surface area (TPSA) is 114 Å². The first-order valence-electron chi connectivity index (χ1n) is 32.2. The van der Waals surface area contributed by atoms with Gasteiger partial charge in [-0.1, -0.05) is 255 Å². The minimum Gasteiger partial charge on any atom is -0.756 e. The minimum absolute atomic E-state index is 0.0268. The number of unbranched alkanes of at least 4 members (excludes halogenated alkanes) is 32. The van der Waals surface area contributed by atoms with Crippen LogP contribution in [0.25, 0.3) is 0 Å². The summed E-state index contributed by atoms with van der Waals surface area (Å²) in [6, 6.07) is -0.897. The summed E-state index contributed by atoms with van der Waals surface area (Å²) in [6.45, 7) is 6.71. The van der Waals surface area contributed by atoms with Crippen molar-refractivity contribution in [3.05, 3.63) is 72.9 Å². The van der Waals surface area contributed by atoms with E-state index in [1.165, 1.54) is 148 Å². The molecule has 0 radical (unpaired) electrons. The van der Waals surface area contributed by atoms with Crippen molar-refractivity contribution in [3.63, 3.8) is 0 Å². The number of allylic oxidation sites excluding steroid dienone is 11. The molecule has 0 aromatic heterocycles. The monoisotopic (exact) mass is 1100 g/mol. The predicted octanol–water partition coefficient (Wildman–Crippen LogP) is 19.4. The van der Waals surface area contributed by atoms with Crippen LogP contribution in [-0.2, 0) is 27.9 Å². The van der Waals surface area contributed by atoms with Gasteiger partial charge in [0.05, 0.1) is 33.8 Å². The normalized spacial score (nSPS) is 14.1. The largest absolute Gasteiger partial charge is 0.756 e. The zero-order valence-electron chi connectivity index (χ0n) is 51.2. The lowest BCUT2D eigenvalue weighted by Crippen LogP contribution is -2.47. The highest BCUT2D eigenvalue weighted by Gasteiger charge is 2.27. The molecular formula is C67H123N2O7P. The molecule has 0 aliphatic heterocycles. The summed E-state index contributed by atoms with van der Waals surface area (Å²) < 4.78 is 30.3. The molecule has 0 spiro atoms. The first kappa shape index (κ1) is 74.5. The van der Waals surface area contributed by atoms with E-state index in [9.17, 15) is 19.0 Å². The fourth-order valence-corrected chi connectivity index (χ4v) is 9.88. The van der Waals surface area contributed by atoms with Crippen molar-refractivity contribution < 1.29 is 37.3 Å². The van der Waals surface area contributed by atoms with Crippen molar-refractivity contribution in [2.45, 2.75) is 303 Å². The van der Waals surface area contributed by atoms with Crippen molar-refractivity contribution in [1.82, 2.24) is 5.32 Å². The average molecular weight is 1100 g/mol. The lowest BCUT2D eigenvalue weighted by molar-refractivity contribution is -0.870. The van der Waals surface area contributed by atoms with Crippen molar-refractivity contribution in [2.24, 2.45) is 0 Å². The standard InChI is InChI=1S/C67H123N2O7P/c1-7-10-13-16-19-22-25-28-30-32-33-34-35-36-37-38-40-42-45-48-51-54-57-60-67(71)76-65(58-55-52-49-46-43-27-24-21-18-15-12-9-3)64(63-75-77(72,73)74-62-61-69(4,5)6)68-66(70)59-56-53-50-47-44-41-39-31-29-26-23-20-17-14-11-8-2/h11,14,19-20,22-23,28-31,55,58,64-65H,7-10,12-13,15-18,21,24-27,32-54,56-57,59-63H2,1-6H3,(H-,68,70,72,73)/b14-11+,22-19-,23-20+,30-28-,31-29+,58-55-. The number of phosphoric ester groups is 1. The SMILES string of the molecule is CC/C=C/C/C=C/C/C=C/CCCCCCCCC(=O)NC(COP(=O)([O-])OCC[N+](C)(C)C)C(/C=C\CCCCCCCCCCCC)OC(=O)CCCCCCCCCCCCCCC/C=C\C/C=C\CCCCC. The van der Waals surface area contributed by atoms with Crippen LogP contribution >= 0.6 is 7.82 Å². The molecule has 0 rings (SSSR count). The van der Waals surface area contributed by atoms with Gasteiger partial charge in [-0.15, -0.1) is 0 Å². The lowest BCUT2D eigenvalue weighted by atomic mass is 10.0. The highest BCUT2D eigenvalue weighted by Crippen LogP contribution is 2.38. The van der Waals surface area contributed by atoms with E-state index in [1.807, 2.05) is 33.3 Å². The van der Waals surface area contributed by atoms with Crippen LogP contribution < -0.4 is 10.2 Å². The number of carbonyl (C=O) groups excluding carboxylic acids is 2. The van der Waals surface area contributed by atoms with Gasteiger partial charge in [-0.3, -0.25) is 14.2 Å². The summed E-state index contributed by atoms with van der Waals surface area (Å²) in [7, 11) is 1.17. The van der Waals surface area contributed by atoms with Crippen LogP contribution in [-0.4, -0.2) is 69.4 Å². The molecule has 0 aliphatic rings. The number of hydrogen-bond donors (Lipinski definition) is 1. The Kier molecular flexibility index (Phi) is 54.8. The molecule has 0 bridgehead atoms. The summed E-state index contributed by atoms with van der Waals surface area (Å²) in [5.41, 5.74) is 0. The first-order chi connectivity index (χ1) is 37.4. The van der Waals surface area contributed by atoms with Crippen LogP contribution in [0.15, 0.2) is 72.9 Å². The Balaban J connectivity index is 5.17. The number of nitrogens with zero attached hydrogens (tertiary/aromatic N) is 1. The number of rotatable bonds is 58. The third-order valence-electron chi connectivity index (χ3n) is 14.1. The van der Waals surface area contributed by atoms with E-state index < -0.39 is 26.6 Å². The van der Waals surface area contributed by atoms with E-state index in [1.54, 1.807) is 0 Å². The van der Waals surface area contributed by atoms with Crippen LogP contribution in [0, 0.1) is 0 Å². The molecule has 0 saturated heterocycles. The quantitative estimate of drug-likeness (QED) is 0.0212. The zero-order chi connectivity index (χ0) is 56.4. The van der Waals surface area contributed by atoms with Crippen LogP contribution in [0.2, 0.25) is 0 Å². The Hall–Kier alpha value is -2.55. The number of esters is 1. The Morgan fingerprint density at radius 1 is 0.468 bits per heavy atom. The van der Waals surface area contributed by atoms with E-state index in [4.69, 9.17) is 13.8 Å². The molecule has 0 aromatic rings. The Morgan fingerprint density at radius 3 is 1.27 bits per heavy atom. The van der Waals surface area contributed by atoms with Crippen molar-refractivity contribution in [1.29, 1.82) is 0 Å². The average Bonchev–Trinajstić information content (AvgIpc) is 3.39. The molecule has 448 valence electrons. The van der Waals surface area contributed by atoms with Gasteiger partial charge < -0.3 is 28.5 Å². The van der Waals surface area contributed by atoms with E-state index >= 15 is 0 Å². The zero-order valence-corrected chi connectivity index (χ0v) is 52.0. The second-order valence-corrected chi connectivity index (χ2v) is 24.3. The number of amides is 1. The maximum atomic E-state index is 13.5. The third-order valence-corrected chi connectivity index (χ3v) is 15.1. The molecule has 10 heteroatoms. The fraction of sp³-hybridized carbons (Fsp3) is 0.791. The van der Waals surface area contributed by atoms with E-state index in [0.717, 1.165) is 109 Å². The molecule has 77 heavy (non-hydrogen) atoms. The third kappa shape index (κ3) is 57.9. The smallest absolute Gasteiger partial charge is 0.306 e. The molecule has 1 N–H and O–H groups in total. The van der Waals surface area contributed by atoms with Gasteiger partial charge in [-0.05, 0) is 96.0 Å². The highest BCUT2D eigenvalue weighted by atomic mass is 31.2. The van der Waals surface area contributed by atoms with Crippen LogP contribution in [0.1, 0.15) is 290 Å². The van der Waals surface area contributed by atoms with Crippen molar-refractivity contribution >= 4 is 19.7 Å². The van der Waals surface area contributed by atoms with Gasteiger partial charge in [-0.2, -0.15) is 0 Å². The summed E-state index contributed by atoms with van der Waals surface area (Å²) in [4.78, 5) is 40.0. The Bertz CT molecular complexity index is 1550. The number of carbonyl (C=O) groups is 2. The van der Waals surface area contributed by atoms with E-state index in [-0.39, 0.29) is 24.9 Å². The molecular weight excluding hydrogens is 976 g/mol. The maximum Gasteiger partial charge on any atom is 0.306 e. The number of quaternary nitrogens is 1. The summed E-state index contributed by atoms with van der Waals surface area (Å²) in [5.74, 6) is -0.552. The van der Waals surface area contributed by atoms with Crippen LogP contribution in [0.5, 0.6) is 0 Å². The van der Waals surface area contributed by atoms with E-state index in [0.29, 0.717) is 17.4 Å². The molecule has 1 amide bonds. The predicted molar refractivity (Wildman–Crippen MR) is 330 cm³/mol. The molecule has 9 nitrogen and oxygen atoms in total. The van der Waals surface area contributed by atoms with Crippen LogP contribution in [0.3, 0.4) is 0 Å². The van der Waals surface area contributed by atoms with Gasteiger partial charge in [0.15, 0.2) is 0 Å². The summed E-state index contributed by atoms with van der Waals surface area (Å²) in [6.07, 6.45) is 73.0. The second-order valence-electron chi connectivity index (χ2n) is 22.9. The Labute approximate surface area is 476 Å². The van der Waals surface area contributed by atoms with Crippen LogP contribution in [0.4, 0.5) is 0 Å². The number of nitrogens with one attached hydrogen (secondary N) is 1. The van der Waals surface area contributed by atoms with Crippen molar-refractivity contribution in [3.8, 4) is 0 Å². The molecule has 0 aliphatic carbocycles. The van der Waals surface area contributed by atoms with Gasteiger partial charge in [0, 0.05) is 12.8 Å². The number of phosphoric acid groups is 1. The first-order valence-corrected chi connectivity index (χ1v) is 33.7. The van der Waals surface area contributed by atoms with Gasteiger partial charge >= 0.3 is 5.97 Å². The number of likely N-dealkylation sites (N-methyl/N-ethyl adjacent to an activating group) is 1. The highest BCUT2D eigenvalue weighted by molar-refractivity contribution is 7.45. The maximum absolute atomic E-state index is 13.5. The summed E-state index contributed by atoms with van der Waals surface area (Å²) >= 11 is 0. The molecule has 0 fully saturated rings. The van der Waals surface area contributed by atoms with Crippen molar-refractivity contribution in [2.75, 3.05) is 40.9 Å². The van der Waals surface area contributed by atoms with E-state index in [2.05, 4.69) is 86.8 Å². The summed E-state index contributed by atoms with van der Waals surface area (Å²) in [5, 5.41) is 3.02. The molecule has 0 heterocycles. The Morgan fingerprint density at radius 2 is 0.831 bits per heavy atom. The fourth-order valence-electron chi connectivity index (χ4n) is 9.16. The molecule has 3 atom stereocenters. The van der Waals surface area contributed by atoms with Gasteiger partial charge in [0.25, 0.3) is 7.82 Å². The molecule has 0 saturated carbocycles. The molecule has 3 unspecified atom stereocenters. The lowest BCUT2D eigenvalue weighted by Gasteiger charge is -2.30. The number of hydrogen-bond acceptors (Lipinski definition) is 7. The second kappa shape index (κ2) is 56.7. The number of ether oxygens (including phenoxy) is 1. The molecule has 0 aromatic carbocycles.